The van der Waals surface area contributed by atoms with Crippen molar-refractivity contribution in [2.45, 2.75) is 13.0 Å². The molecule has 0 radical (unpaired) electrons. The van der Waals surface area contributed by atoms with Crippen molar-refractivity contribution in [3.05, 3.63) is 28.4 Å². The molecular weight excluding hydrogens is 209 g/mol. The van der Waals surface area contributed by atoms with E-state index >= 15 is 0 Å². The second-order valence-corrected chi connectivity index (χ2v) is 3.70. The molecule has 0 saturated carbocycles. The largest absolute Gasteiger partial charge is 0.375 e. The molecule has 1 atom stereocenters. The van der Waals surface area contributed by atoms with E-state index in [0.717, 1.165) is 5.56 Å². The zero-order valence-corrected chi connectivity index (χ0v) is 8.75. The highest BCUT2D eigenvalue weighted by Crippen LogP contribution is 2.29. The fraction of sp³-hybridized carbons (Fsp3) is 0.273. The van der Waals surface area contributed by atoms with Crippen LogP contribution in [0.4, 0.5) is 15.8 Å². The van der Waals surface area contributed by atoms with Crippen LogP contribution in [-0.4, -0.2) is 18.5 Å². The molecule has 1 aliphatic rings. The lowest BCUT2D eigenvalue weighted by atomic mass is 10.2. The fourth-order valence-electron chi connectivity index (χ4n) is 1.63. The second kappa shape index (κ2) is 3.81. The predicted molar refractivity (Wildman–Crippen MR) is 60.3 cm³/mol. The zero-order chi connectivity index (χ0) is 11.7. The van der Waals surface area contributed by atoms with Gasteiger partial charge in [0, 0.05) is 0 Å². The maximum atomic E-state index is 13.6. The molecule has 1 aromatic carbocycles. The highest BCUT2D eigenvalue weighted by molar-refractivity contribution is 6.00. The maximum absolute atomic E-state index is 13.6. The molecule has 82 valence electrons. The number of hydrogen-bond acceptors (Lipinski definition) is 2. The van der Waals surface area contributed by atoms with E-state index in [1.54, 1.807) is 13.0 Å². The molecule has 1 heterocycles. The Morgan fingerprint density at radius 2 is 2.31 bits per heavy atom. The minimum atomic E-state index is -0.702. The number of fused-ring (bicyclic) bond motifs is 1. The molecule has 0 aliphatic carbocycles. The van der Waals surface area contributed by atoms with Crippen molar-refractivity contribution >= 4 is 17.3 Å². The summed E-state index contributed by atoms with van der Waals surface area (Å²) >= 11 is 0. The molecule has 0 aromatic heterocycles. The summed E-state index contributed by atoms with van der Waals surface area (Å²) in [5, 5.41) is 5.41. The van der Waals surface area contributed by atoms with Crippen molar-refractivity contribution in [1.82, 2.24) is 0 Å². The molecule has 1 aromatic rings. The molecule has 0 fully saturated rings. The number of benzene rings is 1. The van der Waals surface area contributed by atoms with Gasteiger partial charge in [-0.25, -0.2) is 4.39 Å². The number of carbonyl (C=O) groups excluding carboxylic acids is 1. The van der Waals surface area contributed by atoms with Crippen LogP contribution in [0.2, 0.25) is 0 Å². The Morgan fingerprint density at radius 1 is 1.56 bits per heavy atom. The molecule has 4 nitrogen and oxygen atoms in total. The number of rotatable bonds is 0. The van der Waals surface area contributed by atoms with Crippen LogP contribution < -0.4 is 10.6 Å². The summed E-state index contributed by atoms with van der Waals surface area (Å²) < 4.78 is 13.6. The molecule has 2 N–H and O–H groups in total. The summed E-state index contributed by atoms with van der Waals surface area (Å²) in [6.45, 7) is 7.14. The quantitative estimate of drug-likeness (QED) is 0.700. The topological polar surface area (TPSA) is 45.5 Å². The van der Waals surface area contributed by atoms with Gasteiger partial charge in [0.1, 0.15) is 18.0 Å². The summed E-state index contributed by atoms with van der Waals surface area (Å²) in [6.07, 6.45) is 0. The van der Waals surface area contributed by atoms with Crippen LogP contribution in [0, 0.1) is 19.3 Å². The van der Waals surface area contributed by atoms with Gasteiger partial charge in [-0.05, 0) is 24.6 Å². The van der Waals surface area contributed by atoms with Gasteiger partial charge >= 0.3 is 11.9 Å². The van der Waals surface area contributed by atoms with Crippen molar-refractivity contribution in [1.29, 1.82) is 0 Å². The van der Waals surface area contributed by atoms with E-state index in [0.29, 0.717) is 5.69 Å². The molecule has 5 heteroatoms. The number of hydrogen-bond donors (Lipinski definition) is 2. The minimum absolute atomic E-state index is 0.154. The van der Waals surface area contributed by atoms with Crippen molar-refractivity contribution in [2.24, 2.45) is 0 Å². The van der Waals surface area contributed by atoms with Crippen molar-refractivity contribution < 1.29 is 9.18 Å². The van der Waals surface area contributed by atoms with Crippen LogP contribution in [0.15, 0.2) is 12.1 Å². The Kier molecular flexibility index (Phi) is 2.49. The molecule has 1 aliphatic heterocycles. The smallest absolute Gasteiger partial charge is 0.365 e. The van der Waals surface area contributed by atoms with Gasteiger partial charge in [-0.3, -0.25) is 4.79 Å². The minimum Gasteiger partial charge on any atom is -0.375 e. The van der Waals surface area contributed by atoms with E-state index in [2.05, 4.69) is 15.5 Å². The SMILES string of the molecule is C#[N+]C1CNc2cc(C)cc(F)c2NC1=O. The van der Waals surface area contributed by atoms with E-state index in [9.17, 15) is 9.18 Å². The van der Waals surface area contributed by atoms with Gasteiger partial charge in [0.2, 0.25) is 0 Å². The molecule has 2 rings (SSSR count). The maximum Gasteiger partial charge on any atom is 0.365 e. The standard InChI is InChI=1S/C11H10FN3O/c1-6-3-7(12)10-8(4-6)14-5-9(13-2)11(16)15-10/h2-4,9,14H,5H2,1H3/p+1. The first-order valence-corrected chi connectivity index (χ1v) is 4.86. The second-order valence-electron chi connectivity index (χ2n) is 3.70. The summed E-state index contributed by atoms with van der Waals surface area (Å²) in [5.74, 6) is -0.870. The molecule has 16 heavy (non-hydrogen) atoms. The van der Waals surface area contributed by atoms with Crippen molar-refractivity contribution in [3.8, 4) is 6.57 Å². The van der Waals surface area contributed by atoms with Gasteiger partial charge in [0.15, 0.2) is 0 Å². The first-order chi connectivity index (χ1) is 7.61. The summed E-state index contributed by atoms with van der Waals surface area (Å²) in [5.41, 5.74) is 1.49. The number of aryl methyl sites for hydroxylation is 1. The van der Waals surface area contributed by atoms with Gasteiger partial charge in [-0.1, -0.05) is 4.85 Å². The van der Waals surface area contributed by atoms with Gasteiger partial charge in [-0.15, -0.1) is 0 Å². The van der Waals surface area contributed by atoms with Crippen LogP contribution in [-0.2, 0) is 4.79 Å². The van der Waals surface area contributed by atoms with Gasteiger partial charge in [-0.2, -0.15) is 0 Å². The third-order valence-electron chi connectivity index (χ3n) is 2.45. The summed E-state index contributed by atoms with van der Waals surface area (Å²) in [6, 6.07) is 2.42. The predicted octanol–water partition coefficient (Wildman–Crippen LogP) is 1.83. The molecule has 1 unspecified atom stereocenters. The summed E-state index contributed by atoms with van der Waals surface area (Å²) in [4.78, 5) is 15.0. The van der Waals surface area contributed by atoms with Crippen molar-refractivity contribution in [3.63, 3.8) is 0 Å². The van der Waals surface area contributed by atoms with Gasteiger partial charge < -0.3 is 10.6 Å². The Hall–Kier alpha value is -2.09. The molecule has 0 spiro atoms. The van der Waals surface area contributed by atoms with Gasteiger partial charge in [0.05, 0.1) is 5.69 Å². The number of carbonyl (C=O) groups is 1. The lowest BCUT2D eigenvalue weighted by molar-refractivity contribution is -0.116. The van der Waals surface area contributed by atoms with Crippen molar-refractivity contribution in [2.75, 3.05) is 17.2 Å². The van der Waals surface area contributed by atoms with Crippen LogP contribution in [0.5, 0.6) is 0 Å². The van der Waals surface area contributed by atoms with E-state index in [1.807, 2.05) is 0 Å². The van der Waals surface area contributed by atoms with Crippen LogP contribution in [0.25, 0.3) is 4.85 Å². The Bertz CT molecular complexity index is 493. The Labute approximate surface area is 92.3 Å². The number of nitrogens with zero attached hydrogens (tertiary/aromatic N) is 1. The van der Waals surface area contributed by atoms with E-state index < -0.39 is 17.8 Å². The first kappa shape index (κ1) is 10.4. The van der Waals surface area contributed by atoms with E-state index in [1.165, 1.54) is 6.07 Å². The lowest BCUT2D eigenvalue weighted by Crippen LogP contribution is -2.28. The molecule has 0 saturated heterocycles. The average Bonchev–Trinajstić information content (AvgIpc) is 2.38. The Morgan fingerprint density at radius 3 is 3.00 bits per heavy atom. The van der Waals surface area contributed by atoms with E-state index in [-0.39, 0.29) is 12.2 Å². The Balaban J connectivity index is 2.45. The average molecular weight is 220 g/mol. The van der Waals surface area contributed by atoms with Crippen LogP contribution >= 0.6 is 0 Å². The first-order valence-electron chi connectivity index (χ1n) is 4.86. The molecule has 1 amide bonds. The van der Waals surface area contributed by atoms with Crippen LogP contribution in [0.3, 0.4) is 0 Å². The van der Waals surface area contributed by atoms with Gasteiger partial charge in [0.25, 0.3) is 6.57 Å². The zero-order valence-electron chi connectivity index (χ0n) is 8.75. The molecule has 0 bridgehead atoms. The third-order valence-corrected chi connectivity index (χ3v) is 2.45. The third kappa shape index (κ3) is 1.70. The van der Waals surface area contributed by atoms with E-state index in [4.69, 9.17) is 6.57 Å². The fourth-order valence-corrected chi connectivity index (χ4v) is 1.63. The highest BCUT2D eigenvalue weighted by atomic mass is 19.1. The number of nitrogens with one attached hydrogen (secondary N) is 2. The monoisotopic (exact) mass is 220 g/mol. The van der Waals surface area contributed by atoms with Crippen LogP contribution in [0.1, 0.15) is 5.56 Å². The normalized spacial score (nSPS) is 18.8. The summed E-state index contributed by atoms with van der Waals surface area (Å²) in [7, 11) is 0. The molecular formula is C11H11FN3O+. The number of halogens is 1. The number of anilines is 2. The highest BCUT2D eigenvalue weighted by Gasteiger charge is 2.31. The number of amides is 1. The lowest BCUT2D eigenvalue weighted by Gasteiger charge is -2.08.